The van der Waals surface area contributed by atoms with Gasteiger partial charge in [0.1, 0.15) is 11.9 Å². The summed E-state index contributed by atoms with van der Waals surface area (Å²) in [6.07, 6.45) is 0. The van der Waals surface area contributed by atoms with E-state index in [1.807, 2.05) is 24.3 Å². The number of halogens is 1. The Balaban J connectivity index is 1.46. The summed E-state index contributed by atoms with van der Waals surface area (Å²) in [6, 6.07) is 16.7. The fourth-order valence-corrected chi connectivity index (χ4v) is 4.08. The van der Waals surface area contributed by atoms with Crippen LogP contribution < -0.4 is 10.6 Å². The first-order valence-electron chi connectivity index (χ1n) is 10.8. The molecule has 3 N–H and O–H groups in total. The molecule has 4 rings (SSSR count). The largest absolute Gasteiger partial charge is 0.480 e. The Hall–Kier alpha value is -4.20. The Kier molecular flexibility index (Phi) is 6.32. The van der Waals surface area contributed by atoms with Gasteiger partial charge in [-0.2, -0.15) is 0 Å². The van der Waals surface area contributed by atoms with Gasteiger partial charge in [0.05, 0.1) is 0 Å². The molecular formula is C26H24FN3O4. The summed E-state index contributed by atoms with van der Waals surface area (Å²) in [7, 11) is 0. The maximum Gasteiger partial charge on any atom is 0.326 e. The molecule has 0 saturated heterocycles. The number of carbonyl (C=O) groups is 3. The summed E-state index contributed by atoms with van der Waals surface area (Å²) >= 11 is 0. The molecular weight excluding hydrogens is 437 g/mol. The number of fused-ring (bicyclic) bond motifs is 1. The van der Waals surface area contributed by atoms with E-state index >= 15 is 0 Å². The molecule has 0 saturated carbocycles. The summed E-state index contributed by atoms with van der Waals surface area (Å²) in [6.45, 7) is 3.85. The molecule has 0 radical (unpaired) electrons. The Bertz CT molecular complexity index is 1240. The normalized spacial score (nSPS) is 13.5. The Morgan fingerprint density at radius 2 is 1.47 bits per heavy atom. The van der Waals surface area contributed by atoms with Crippen LogP contribution in [0, 0.1) is 11.7 Å². The number of amides is 3. The van der Waals surface area contributed by atoms with Crippen LogP contribution in [0.2, 0.25) is 0 Å². The highest BCUT2D eigenvalue weighted by atomic mass is 19.1. The third-order valence-corrected chi connectivity index (χ3v) is 5.74. The molecule has 3 aromatic carbocycles. The SMILES string of the molecule is CC(C)[C@@H](C(=O)O)N1Cc2ccc(-c3ccc(NC(=O)Nc4ccc(F)cc4)cc3)cc2C1=O. The zero-order valence-corrected chi connectivity index (χ0v) is 18.7. The number of hydrogen-bond donors (Lipinski definition) is 3. The molecule has 3 aromatic rings. The lowest BCUT2D eigenvalue weighted by molar-refractivity contribution is -0.144. The third-order valence-electron chi connectivity index (χ3n) is 5.74. The number of anilines is 2. The zero-order chi connectivity index (χ0) is 24.4. The smallest absolute Gasteiger partial charge is 0.326 e. The van der Waals surface area contributed by atoms with Gasteiger partial charge in [0, 0.05) is 23.5 Å². The monoisotopic (exact) mass is 461 g/mol. The molecule has 0 spiro atoms. The lowest BCUT2D eigenvalue weighted by Crippen LogP contribution is -2.44. The van der Waals surface area contributed by atoms with E-state index in [2.05, 4.69) is 10.6 Å². The third kappa shape index (κ3) is 4.76. The van der Waals surface area contributed by atoms with Gasteiger partial charge in [0.25, 0.3) is 5.91 Å². The lowest BCUT2D eigenvalue weighted by atomic mass is 10.00. The first kappa shape index (κ1) is 23.0. The van der Waals surface area contributed by atoms with Crippen LogP contribution in [0.15, 0.2) is 66.7 Å². The molecule has 1 atom stereocenters. The second kappa shape index (κ2) is 9.35. The van der Waals surface area contributed by atoms with Crippen molar-refractivity contribution in [2.75, 3.05) is 10.6 Å². The lowest BCUT2D eigenvalue weighted by Gasteiger charge is -2.27. The van der Waals surface area contributed by atoms with Gasteiger partial charge in [-0.3, -0.25) is 4.79 Å². The number of rotatable bonds is 6. The molecule has 1 aliphatic heterocycles. The van der Waals surface area contributed by atoms with Gasteiger partial charge in [-0.05, 0) is 65.1 Å². The van der Waals surface area contributed by atoms with E-state index in [4.69, 9.17) is 0 Å². The highest BCUT2D eigenvalue weighted by molar-refractivity contribution is 6.02. The molecule has 7 nitrogen and oxygen atoms in total. The van der Waals surface area contributed by atoms with Gasteiger partial charge in [-0.25, -0.2) is 14.0 Å². The molecule has 0 bridgehead atoms. The number of nitrogens with one attached hydrogen (secondary N) is 2. The van der Waals surface area contributed by atoms with Gasteiger partial charge in [-0.1, -0.05) is 38.1 Å². The number of urea groups is 1. The Morgan fingerprint density at radius 1 is 0.912 bits per heavy atom. The zero-order valence-electron chi connectivity index (χ0n) is 18.7. The molecule has 1 aliphatic rings. The van der Waals surface area contributed by atoms with Crippen molar-refractivity contribution >= 4 is 29.3 Å². The average molecular weight is 461 g/mol. The van der Waals surface area contributed by atoms with Crippen LogP contribution in [0.5, 0.6) is 0 Å². The van der Waals surface area contributed by atoms with E-state index in [9.17, 15) is 23.9 Å². The topological polar surface area (TPSA) is 98.7 Å². The van der Waals surface area contributed by atoms with E-state index in [0.29, 0.717) is 16.9 Å². The molecule has 0 unspecified atom stereocenters. The van der Waals surface area contributed by atoms with Crippen LogP contribution in [0.25, 0.3) is 11.1 Å². The van der Waals surface area contributed by atoms with Crippen molar-refractivity contribution in [3.05, 3.63) is 83.7 Å². The molecule has 174 valence electrons. The maximum atomic E-state index is 13.0. The molecule has 3 amide bonds. The number of carboxylic acid groups (broad SMARTS) is 1. The molecule has 0 aromatic heterocycles. The molecule has 1 heterocycles. The maximum absolute atomic E-state index is 13.0. The first-order valence-corrected chi connectivity index (χ1v) is 10.8. The minimum atomic E-state index is -1.01. The van der Waals surface area contributed by atoms with Crippen molar-refractivity contribution in [1.82, 2.24) is 4.90 Å². The minimum Gasteiger partial charge on any atom is -0.480 e. The van der Waals surface area contributed by atoms with Gasteiger partial charge < -0.3 is 20.6 Å². The number of aliphatic carboxylic acids is 1. The van der Waals surface area contributed by atoms with Crippen LogP contribution in [0.1, 0.15) is 29.8 Å². The summed E-state index contributed by atoms with van der Waals surface area (Å²) in [5, 5.41) is 14.9. The number of hydrogen-bond acceptors (Lipinski definition) is 3. The van der Waals surface area contributed by atoms with Crippen molar-refractivity contribution in [2.45, 2.75) is 26.4 Å². The summed E-state index contributed by atoms with van der Waals surface area (Å²) < 4.78 is 13.0. The number of benzene rings is 3. The van der Waals surface area contributed by atoms with Crippen LogP contribution >= 0.6 is 0 Å². The van der Waals surface area contributed by atoms with E-state index < -0.39 is 18.0 Å². The quantitative estimate of drug-likeness (QED) is 0.470. The first-order chi connectivity index (χ1) is 16.2. The minimum absolute atomic E-state index is 0.212. The predicted octanol–water partition coefficient (Wildman–Crippen LogP) is 5.20. The Labute approximate surface area is 196 Å². The van der Waals surface area contributed by atoms with Gasteiger partial charge in [0.2, 0.25) is 0 Å². The van der Waals surface area contributed by atoms with Crippen molar-refractivity contribution < 1.29 is 23.9 Å². The predicted molar refractivity (Wildman–Crippen MR) is 127 cm³/mol. The van der Waals surface area contributed by atoms with E-state index in [1.54, 1.807) is 32.0 Å². The van der Waals surface area contributed by atoms with Crippen molar-refractivity contribution in [1.29, 1.82) is 0 Å². The highest BCUT2D eigenvalue weighted by Gasteiger charge is 2.38. The van der Waals surface area contributed by atoms with Crippen molar-refractivity contribution in [3.8, 4) is 11.1 Å². The van der Waals surface area contributed by atoms with E-state index in [-0.39, 0.29) is 24.2 Å². The second-order valence-corrected chi connectivity index (χ2v) is 8.50. The van der Waals surface area contributed by atoms with Crippen LogP contribution in [0.4, 0.5) is 20.6 Å². The number of carboxylic acids is 1. The fourth-order valence-electron chi connectivity index (χ4n) is 4.08. The van der Waals surface area contributed by atoms with E-state index in [0.717, 1.165) is 16.7 Å². The standard InChI is InChI=1S/C26H24FN3O4/c1-15(2)23(25(32)33)30-14-18-4-3-17(13-22(18)24(30)31)16-5-9-20(10-6-16)28-26(34)29-21-11-7-19(27)8-12-21/h3-13,15,23H,14H2,1-2H3,(H,32,33)(H2,28,29,34)/t23-/m0/s1. The van der Waals surface area contributed by atoms with E-state index in [1.165, 1.54) is 29.2 Å². The molecule has 0 aliphatic carbocycles. The van der Waals surface area contributed by atoms with Gasteiger partial charge in [0.15, 0.2) is 0 Å². The van der Waals surface area contributed by atoms with Gasteiger partial charge in [-0.15, -0.1) is 0 Å². The fraction of sp³-hybridized carbons (Fsp3) is 0.192. The number of carbonyl (C=O) groups excluding carboxylic acids is 2. The van der Waals surface area contributed by atoms with Crippen molar-refractivity contribution in [2.24, 2.45) is 5.92 Å². The average Bonchev–Trinajstić information content (AvgIpc) is 3.11. The number of nitrogens with zero attached hydrogens (tertiary/aromatic N) is 1. The highest BCUT2D eigenvalue weighted by Crippen LogP contribution is 2.31. The van der Waals surface area contributed by atoms with Crippen LogP contribution in [0.3, 0.4) is 0 Å². The second-order valence-electron chi connectivity index (χ2n) is 8.50. The molecule has 8 heteroatoms. The summed E-state index contributed by atoms with van der Waals surface area (Å²) in [5.74, 6) is -1.89. The molecule has 34 heavy (non-hydrogen) atoms. The Morgan fingerprint density at radius 3 is 2.03 bits per heavy atom. The van der Waals surface area contributed by atoms with Crippen molar-refractivity contribution in [3.63, 3.8) is 0 Å². The summed E-state index contributed by atoms with van der Waals surface area (Å²) in [4.78, 5) is 38.2. The molecule has 0 fully saturated rings. The van der Waals surface area contributed by atoms with Crippen LogP contribution in [-0.2, 0) is 11.3 Å². The van der Waals surface area contributed by atoms with Gasteiger partial charge >= 0.3 is 12.0 Å². The summed E-state index contributed by atoms with van der Waals surface area (Å²) in [5.41, 5.74) is 3.99. The van der Waals surface area contributed by atoms with Crippen LogP contribution in [-0.4, -0.2) is 34.0 Å².